The van der Waals surface area contributed by atoms with Crippen molar-refractivity contribution in [2.24, 2.45) is 0 Å². The molecule has 0 saturated carbocycles. The van der Waals surface area contributed by atoms with E-state index < -0.39 is 35.8 Å². The van der Waals surface area contributed by atoms with Crippen molar-refractivity contribution in [1.82, 2.24) is 46.2 Å². The summed E-state index contributed by atoms with van der Waals surface area (Å²) in [7, 11) is 0. The van der Waals surface area contributed by atoms with Crippen molar-refractivity contribution in [2.75, 3.05) is 210 Å². The van der Waals surface area contributed by atoms with Crippen LogP contribution in [-0.2, 0) is 82.7 Å². The number of carbonyl (C=O) groups excluding carboxylic acids is 5. The molecule has 1 atom stereocenters. The first-order chi connectivity index (χ1) is 41.1. The summed E-state index contributed by atoms with van der Waals surface area (Å²) in [6.07, 6.45) is 3.98. The summed E-state index contributed by atoms with van der Waals surface area (Å²) < 4.78 is 44.1. The van der Waals surface area contributed by atoms with E-state index in [0.717, 1.165) is 17.5 Å². The number of carboxylic acid groups (broad SMARTS) is 3. The fourth-order valence-corrected chi connectivity index (χ4v) is 8.32. The lowest BCUT2D eigenvalue weighted by atomic mass is 10.1. The fraction of sp³-hybridized carbons (Fsp3) is 0.754. The molecule has 1 heterocycles. The van der Waals surface area contributed by atoms with Gasteiger partial charge in [-0.3, -0.25) is 58.0 Å². The Bertz CT molecular complexity index is 1960. The number of amides is 5. The minimum Gasteiger partial charge on any atom is -0.480 e. The van der Waals surface area contributed by atoms with Gasteiger partial charge in [0.05, 0.1) is 138 Å². The largest absolute Gasteiger partial charge is 0.480 e. The Morgan fingerprint density at radius 3 is 1.22 bits per heavy atom. The van der Waals surface area contributed by atoms with E-state index >= 15 is 0 Å². The molecule has 486 valence electrons. The Balaban J connectivity index is 1.69. The Kier molecular flexibility index (Phi) is 45.0. The van der Waals surface area contributed by atoms with Crippen molar-refractivity contribution in [3.63, 3.8) is 0 Å². The number of rotatable bonds is 50. The molecule has 1 fully saturated rings. The highest BCUT2D eigenvalue weighted by molar-refractivity contribution is 5.90. The van der Waals surface area contributed by atoms with Gasteiger partial charge in [-0.25, -0.2) is 0 Å². The molecule has 0 aromatic heterocycles. The highest BCUT2D eigenvalue weighted by atomic mass is 16.6. The monoisotopic (exact) mass is 1210 g/mol. The Labute approximate surface area is 500 Å². The predicted molar refractivity (Wildman–Crippen MR) is 312 cm³/mol. The minimum absolute atomic E-state index is 0.0339. The predicted octanol–water partition coefficient (Wildman–Crippen LogP) is -1.15. The average molecular weight is 1210 g/mol. The lowest BCUT2D eigenvalue weighted by molar-refractivity contribution is -0.140. The van der Waals surface area contributed by atoms with Gasteiger partial charge in [0.1, 0.15) is 6.04 Å². The van der Waals surface area contributed by atoms with E-state index in [9.17, 15) is 53.7 Å². The van der Waals surface area contributed by atoms with Crippen molar-refractivity contribution in [2.45, 2.75) is 71.3 Å². The molecule has 0 bridgehead atoms. The van der Waals surface area contributed by atoms with Crippen LogP contribution in [0.4, 0.5) is 0 Å². The molecule has 1 aromatic rings. The summed E-state index contributed by atoms with van der Waals surface area (Å²) in [6, 6.07) is 7.12. The van der Waals surface area contributed by atoms with Gasteiger partial charge in [-0.2, -0.15) is 0 Å². The van der Waals surface area contributed by atoms with Gasteiger partial charge in [0.15, 0.2) is 0 Å². The van der Waals surface area contributed by atoms with E-state index in [-0.39, 0.29) is 142 Å². The van der Waals surface area contributed by atoms with E-state index in [1.54, 1.807) is 14.7 Å². The molecule has 1 aliphatic heterocycles. The van der Waals surface area contributed by atoms with Crippen LogP contribution >= 0.6 is 0 Å². The van der Waals surface area contributed by atoms with Gasteiger partial charge >= 0.3 is 17.9 Å². The van der Waals surface area contributed by atoms with Crippen LogP contribution in [0.15, 0.2) is 24.3 Å². The molecule has 0 spiro atoms. The minimum atomic E-state index is -1.05. The van der Waals surface area contributed by atoms with Gasteiger partial charge < -0.3 is 79.8 Å². The van der Waals surface area contributed by atoms with E-state index in [0.29, 0.717) is 131 Å². The number of ether oxygens (including phenoxy) is 8. The molecule has 85 heavy (non-hydrogen) atoms. The molecule has 5 amide bonds. The zero-order chi connectivity index (χ0) is 62.0. The normalized spacial score (nSPS) is 14.4. The maximum atomic E-state index is 13.4. The summed E-state index contributed by atoms with van der Waals surface area (Å²) in [5.41, 5.74) is 2.26. The molecular weight excluding hydrogens is 1110 g/mol. The number of aryl methyl sites for hydroxylation is 2. The van der Waals surface area contributed by atoms with Crippen LogP contribution in [0.3, 0.4) is 0 Å². The van der Waals surface area contributed by atoms with Crippen molar-refractivity contribution in [1.29, 1.82) is 0 Å². The van der Waals surface area contributed by atoms with E-state index in [4.69, 9.17) is 37.9 Å². The Hall–Kier alpha value is -5.50. The molecule has 1 unspecified atom stereocenters. The van der Waals surface area contributed by atoms with Crippen LogP contribution in [0.2, 0.25) is 0 Å². The second-order valence-electron chi connectivity index (χ2n) is 20.2. The van der Waals surface area contributed by atoms with Gasteiger partial charge in [-0.1, -0.05) is 36.8 Å². The van der Waals surface area contributed by atoms with Crippen molar-refractivity contribution < 1.29 is 91.6 Å². The van der Waals surface area contributed by atoms with Gasteiger partial charge in [0.25, 0.3) is 0 Å². The molecule has 8 N–H and O–H groups in total. The topological polar surface area (TPSA) is 344 Å². The first-order valence-corrected chi connectivity index (χ1v) is 29.7. The molecule has 0 aliphatic carbocycles. The van der Waals surface area contributed by atoms with Crippen molar-refractivity contribution in [3.05, 3.63) is 35.4 Å². The molecule has 2 rings (SSSR count). The lowest BCUT2D eigenvalue weighted by Crippen LogP contribution is -2.50. The summed E-state index contributed by atoms with van der Waals surface area (Å²) in [4.78, 5) is 105. The van der Waals surface area contributed by atoms with Crippen LogP contribution in [0.25, 0.3) is 0 Å². The molecule has 1 saturated heterocycles. The van der Waals surface area contributed by atoms with Crippen LogP contribution in [-0.4, -0.2) is 299 Å². The number of unbranched alkanes of at least 4 members (excludes halogenated alkanes) is 1. The lowest BCUT2D eigenvalue weighted by Gasteiger charge is -2.32. The number of carbonyl (C=O) groups is 8. The molecule has 0 radical (unpaired) electrons. The fourth-order valence-electron chi connectivity index (χ4n) is 8.32. The van der Waals surface area contributed by atoms with Crippen LogP contribution in [0, 0.1) is 6.92 Å². The van der Waals surface area contributed by atoms with Crippen LogP contribution < -0.4 is 26.6 Å². The number of nitrogens with one attached hydrogen (secondary N) is 5. The number of hydrogen-bond acceptors (Lipinski definition) is 20. The second kappa shape index (κ2) is 50.6. The van der Waals surface area contributed by atoms with Crippen molar-refractivity contribution in [3.8, 4) is 0 Å². The summed E-state index contributed by atoms with van der Waals surface area (Å²) in [5.74, 6) is -4.71. The van der Waals surface area contributed by atoms with E-state index in [2.05, 4.69) is 26.6 Å². The Morgan fingerprint density at radius 2 is 0.812 bits per heavy atom. The number of benzene rings is 1. The molecule has 1 aromatic carbocycles. The summed E-state index contributed by atoms with van der Waals surface area (Å²) in [6.45, 7) is 12.0. The van der Waals surface area contributed by atoms with Gasteiger partial charge in [-0.15, -0.1) is 0 Å². The molecular formula is C57H99N9O19. The molecule has 1 aliphatic rings. The number of hydrogen-bond donors (Lipinski definition) is 8. The third kappa shape index (κ3) is 44.6. The number of carboxylic acids is 3. The summed E-state index contributed by atoms with van der Waals surface area (Å²) in [5, 5.41) is 42.4. The maximum absolute atomic E-state index is 13.4. The Morgan fingerprint density at radius 1 is 0.435 bits per heavy atom. The van der Waals surface area contributed by atoms with Crippen molar-refractivity contribution >= 4 is 47.4 Å². The third-order valence-electron chi connectivity index (χ3n) is 12.9. The first kappa shape index (κ1) is 75.6. The first-order valence-electron chi connectivity index (χ1n) is 29.7. The van der Waals surface area contributed by atoms with E-state index in [1.165, 1.54) is 0 Å². The maximum Gasteiger partial charge on any atom is 0.317 e. The van der Waals surface area contributed by atoms with Gasteiger partial charge in [-0.05, 0) is 51.0 Å². The number of aliphatic carboxylic acids is 3. The SMILES string of the molecule is CCCC(=O)NCCOCCOCCOCCOCCOCCOCCOCCOCCNC(=O)C(CCCCNC(=O)CN1CCN(CC(=O)O)CCN(CC(=O)O)CCN(CC(=O)O)CC1)NC(=O)CNC(=O)CCCc1ccc(C)cc1. The summed E-state index contributed by atoms with van der Waals surface area (Å²) >= 11 is 0. The van der Waals surface area contributed by atoms with Crippen LogP contribution in [0.1, 0.15) is 63.0 Å². The highest BCUT2D eigenvalue weighted by Gasteiger charge is 2.23. The highest BCUT2D eigenvalue weighted by Crippen LogP contribution is 2.08. The zero-order valence-electron chi connectivity index (χ0n) is 50.3. The quantitative estimate of drug-likeness (QED) is 0.0357. The molecule has 28 nitrogen and oxygen atoms in total. The van der Waals surface area contributed by atoms with Crippen LogP contribution in [0.5, 0.6) is 0 Å². The van der Waals surface area contributed by atoms with Gasteiger partial charge in [0, 0.05) is 84.8 Å². The average Bonchev–Trinajstić information content (AvgIpc) is 3.50. The standard InChI is InChI=1S/C57H99N9O19/c1-3-7-50(67)59-16-26-78-28-30-80-32-34-82-36-38-84-40-41-85-39-37-83-35-33-81-31-29-79-27-17-60-57(77)49(62-52(69)42-61-51(68)10-6-8-48-13-11-47(2)12-14-48)9-4-5-15-58-53(70)43-63-18-20-64(44-54(71)72)22-24-66(46-56(75)76)25-23-65(21-19-63)45-55(73)74/h11-14,49H,3-10,15-46H2,1-2H3,(H,58,70)(H,59,67)(H,60,77)(H,61,68)(H,62,69)(H,71,72)(H,73,74)(H,75,76). The second-order valence-corrected chi connectivity index (χ2v) is 20.2. The van der Waals surface area contributed by atoms with Gasteiger partial charge in [0.2, 0.25) is 29.5 Å². The smallest absolute Gasteiger partial charge is 0.317 e. The third-order valence-corrected chi connectivity index (χ3v) is 12.9. The zero-order valence-corrected chi connectivity index (χ0v) is 50.3. The van der Waals surface area contributed by atoms with E-state index in [1.807, 2.05) is 43.0 Å². The number of nitrogens with zero attached hydrogens (tertiary/aromatic N) is 4. The molecule has 28 heteroatoms.